The van der Waals surface area contributed by atoms with E-state index < -0.39 is 116 Å². The fourth-order valence-corrected chi connectivity index (χ4v) is 8.24. The van der Waals surface area contributed by atoms with Gasteiger partial charge >= 0.3 is 0 Å². The van der Waals surface area contributed by atoms with Gasteiger partial charge in [-0.15, -0.1) is 0 Å². The Balaban J connectivity index is 0.000000181. The van der Waals surface area contributed by atoms with Crippen molar-refractivity contribution in [3.8, 4) is 11.5 Å². The SMILES string of the molecule is O=C(NCc1c(F)cc(F)cc1F)c1cn2c(c(O)c1=O)C(=O)N[C@@H]1CCCC[C@H]12.O=C(NCc1c(F)cc(F)cc1F)c1cn2c(c(O)c1=O)C(=O)N[C@H]1CCCC[C@@H]12. The predicted octanol–water partition coefficient (Wildman–Crippen LogP) is 4.26. The van der Waals surface area contributed by atoms with Gasteiger partial charge in [0.25, 0.3) is 23.6 Å². The van der Waals surface area contributed by atoms with Crippen molar-refractivity contribution in [2.75, 3.05) is 0 Å². The number of carbonyl (C=O) groups excluding carboxylic acids is 4. The number of nitrogens with zero attached hydrogens (tertiary/aromatic N) is 2. The number of amides is 4. The average Bonchev–Trinajstić information content (AvgIpc) is 3.19. The van der Waals surface area contributed by atoms with Gasteiger partial charge in [0.2, 0.25) is 10.9 Å². The molecule has 316 valence electrons. The van der Waals surface area contributed by atoms with E-state index in [9.17, 15) is 65.3 Å². The van der Waals surface area contributed by atoms with Crippen LogP contribution < -0.4 is 32.1 Å². The lowest BCUT2D eigenvalue weighted by atomic mass is 9.87. The summed E-state index contributed by atoms with van der Waals surface area (Å²) in [6.07, 6.45) is 8.84. The molecule has 0 bridgehead atoms. The van der Waals surface area contributed by atoms with Crippen molar-refractivity contribution < 1.29 is 55.7 Å². The maximum absolute atomic E-state index is 13.8. The molecule has 0 spiro atoms. The van der Waals surface area contributed by atoms with E-state index in [-0.39, 0.29) is 35.6 Å². The van der Waals surface area contributed by atoms with Gasteiger partial charge in [-0.25, -0.2) is 26.3 Å². The summed E-state index contributed by atoms with van der Waals surface area (Å²) in [5.41, 5.74) is -4.62. The highest BCUT2D eigenvalue weighted by atomic mass is 19.2. The monoisotopic (exact) mass is 842 g/mol. The minimum Gasteiger partial charge on any atom is -0.503 e. The van der Waals surface area contributed by atoms with Gasteiger partial charge in [0.15, 0.2) is 22.9 Å². The lowest BCUT2D eigenvalue weighted by molar-refractivity contribution is 0.0832. The van der Waals surface area contributed by atoms with Crippen LogP contribution in [-0.2, 0) is 13.1 Å². The lowest BCUT2D eigenvalue weighted by Gasteiger charge is -2.39. The highest BCUT2D eigenvalue weighted by Crippen LogP contribution is 2.36. The van der Waals surface area contributed by atoms with E-state index in [1.165, 1.54) is 21.5 Å². The molecule has 2 saturated carbocycles. The predicted molar refractivity (Wildman–Crippen MR) is 197 cm³/mol. The topological polar surface area (TPSA) is 201 Å². The summed E-state index contributed by atoms with van der Waals surface area (Å²) in [6, 6.07) is 1.10. The Kier molecular flexibility index (Phi) is 11.5. The standard InChI is InChI=1S/2C20H18F3N3O4/c2*21-9-5-12(22)10(13(23)6-9)7-24-19(29)11-8-26-15-4-2-1-3-14(15)25-20(30)16(26)18(28)17(11)27/h2*5-6,8,14-15,28H,1-4,7H2,(H,24,29)(H,25,30)/t2*14-,15-/m10/s1. The zero-order valence-electron chi connectivity index (χ0n) is 31.4. The highest BCUT2D eigenvalue weighted by molar-refractivity contribution is 6.00. The number of fused-ring (bicyclic) bond motifs is 6. The van der Waals surface area contributed by atoms with E-state index in [0.29, 0.717) is 37.1 Å². The van der Waals surface area contributed by atoms with Crippen molar-refractivity contribution in [2.45, 2.75) is 88.6 Å². The van der Waals surface area contributed by atoms with Crippen LogP contribution in [0, 0.1) is 34.9 Å². The number of aromatic hydroxyl groups is 2. The molecular weight excluding hydrogens is 806 g/mol. The van der Waals surface area contributed by atoms with E-state index in [0.717, 1.165) is 38.5 Å². The average molecular weight is 843 g/mol. The first-order chi connectivity index (χ1) is 28.5. The Morgan fingerprint density at radius 3 is 1.27 bits per heavy atom. The van der Waals surface area contributed by atoms with Gasteiger partial charge in [0, 0.05) is 73.0 Å². The Labute approximate surface area is 335 Å². The van der Waals surface area contributed by atoms with Gasteiger partial charge in [0.05, 0.1) is 12.1 Å². The lowest BCUT2D eigenvalue weighted by Crippen LogP contribution is -2.50. The fourth-order valence-electron chi connectivity index (χ4n) is 8.24. The molecule has 2 aliphatic heterocycles. The number of rotatable bonds is 6. The molecule has 4 atom stereocenters. The summed E-state index contributed by atoms with van der Waals surface area (Å²) in [4.78, 5) is 74.8. The van der Waals surface area contributed by atoms with Gasteiger partial charge < -0.3 is 40.6 Å². The van der Waals surface area contributed by atoms with Crippen LogP contribution in [0.1, 0.15) is 116 Å². The molecule has 6 N–H and O–H groups in total. The summed E-state index contributed by atoms with van der Waals surface area (Å²) < 4.78 is 84.0. The zero-order valence-corrected chi connectivity index (χ0v) is 31.4. The molecule has 2 fully saturated rings. The Hall–Kier alpha value is -6.60. The first-order valence-electron chi connectivity index (χ1n) is 19.0. The smallest absolute Gasteiger partial charge is 0.272 e. The number of hydrogen-bond donors (Lipinski definition) is 6. The van der Waals surface area contributed by atoms with E-state index in [2.05, 4.69) is 21.3 Å². The van der Waals surface area contributed by atoms with Crippen LogP contribution in [0.4, 0.5) is 26.3 Å². The third-order valence-electron chi connectivity index (χ3n) is 11.2. The molecule has 0 radical (unpaired) electrons. The summed E-state index contributed by atoms with van der Waals surface area (Å²) in [7, 11) is 0. The minimum atomic E-state index is -1.18. The maximum Gasteiger partial charge on any atom is 0.272 e. The van der Waals surface area contributed by atoms with Crippen molar-refractivity contribution >= 4 is 23.6 Å². The zero-order chi connectivity index (χ0) is 43.2. The van der Waals surface area contributed by atoms with Crippen molar-refractivity contribution in [3.05, 3.63) is 126 Å². The van der Waals surface area contributed by atoms with Crippen LogP contribution in [0.2, 0.25) is 0 Å². The molecule has 0 saturated heterocycles. The third kappa shape index (κ3) is 7.80. The molecule has 4 heterocycles. The number of aromatic nitrogens is 2. The molecule has 60 heavy (non-hydrogen) atoms. The molecule has 14 nitrogen and oxygen atoms in total. The quantitative estimate of drug-likeness (QED) is 0.155. The van der Waals surface area contributed by atoms with Gasteiger partial charge in [0.1, 0.15) is 46.0 Å². The molecule has 20 heteroatoms. The second-order valence-electron chi connectivity index (χ2n) is 14.9. The van der Waals surface area contributed by atoms with Crippen LogP contribution in [0.5, 0.6) is 11.5 Å². The van der Waals surface area contributed by atoms with Gasteiger partial charge in [-0.3, -0.25) is 28.8 Å². The Morgan fingerprint density at radius 1 is 0.583 bits per heavy atom. The Bertz CT molecular complexity index is 2360. The second-order valence-corrected chi connectivity index (χ2v) is 14.9. The van der Waals surface area contributed by atoms with E-state index >= 15 is 0 Å². The van der Waals surface area contributed by atoms with Crippen LogP contribution in [0.25, 0.3) is 0 Å². The maximum atomic E-state index is 13.8. The van der Waals surface area contributed by atoms with Crippen molar-refractivity contribution in [2.24, 2.45) is 0 Å². The molecule has 2 aromatic carbocycles. The van der Waals surface area contributed by atoms with Gasteiger partial charge in [-0.05, 0) is 25.7 Å². The van der Waals surface area contributed by atoms with Crippen molar-refractivity contribution in [1.82, 2.24) is 30.4 Å². The summed E-state index contributed by atoms with van der Waals surface area (Å²) in [6.45, 7) is -1.27. The number of carbonyl (C=O) groups is 4. The normalized spacial score (nSPS) is 20.2. The molecule has 2 aromatic heterocycles. The number of halogens is 6. The molecule has 4 aliphatic rings. The third-order valence-corrected chi connectivity index (χ3v) is 11.2. The number of nitrogens with one attached hydrogen (secondary N) is 4. The van der Waals surface area contributed by atoms with Crippen LogP contribution in [-0.4, -0.2) is 55.1 Å². The van der Waals surface area contributed by atoms with Gasteiger partial charge in [-0.2, -0.15) is 0 Å². The molecule has 0 unspecified atom stereocenters. The molecule has 2 aliphatic carbocycles. The molecule has 4 amide bonds. The van der Waals surface area contributed by atoms with Crippen molar-refractivity contribution in [1.29, 1.82) is 0 Å². The Morgan fingerprint density at radius 2 is 0.917 bits per heavy atom. The van der Waals surface area contributed by atoms with E-state index in [1.54, 1.807) is 0 Å². The van der Waals surface area contributed by atoms with E-state index in [1.807, 2.05) is 0 Å². The highest BCUT2D eigenvalue weighted by Gasteiger charge is 2.39. The molecule has 4 aromatic rings. The first kappa shape index (κ1) is 41.6. The van der Waals surface area contributed by atoms with Crippen LogP contribution >= 0.6 is 0 Å². The van der Waals surface area contributed by atoms with E-state index in [4.69, 9.17) is 0 Å². The van der Waals surface area contributed by atoms with Crippen LogP contribution in [0.15, 0.2) is 46.2 Å². The number of hydrogen-bond acceptors (Lipinski definition) is 8. The van der Waals surface area contributed by atoms with Crippen LogP contribution in [0.3, 0.4) is 0 Å². The summed E-state index contributed by atoms with van der Waals surface area (Å²) in [5.74, 6) is -11.8. The largest absolute Gasteiger partial charge is 0.503 e. The molecular formula is C40H36F6N6O8. The van der Waals surface area contributed by atoms with Crippen molar-refractivity contribution in [3.63, 3.8) is 0 Å². The number of pyridine rings is 2. The molecule has 8 rings (SSSR count). The first-order valence-corrected chi connectivity index (χ1v) is 19.0. The second kappa shape index (κ2) is 16.6. The minimum absolute atomic E-state index is 0.182. The summed E-state index contributed by atoms with van der Waals surface area (Å²) in [5, 5.41) is 30.6. The fraction of sp³-hybridized carbons (Fsp3) is 0.350. The number of benzene rings is 2. The van der Waals surface area contributed by atoms with Gasteiger partial charge in [-0.1, -0.05) is 25.7 Å². The summed E-state index contributed by atoms with van der Waals surface area (Å²) >= 11 is 0.